The number of aryl methyl sites for hydroxylation is 1. The molecular formula is C20H25NO3. The molecule has 0 unspecified atom stereocenters. The number of carbonyl (C=O) groups excluding carboxylic acids is 1. The van der Waals surface area contributed by atoms with Crippen LogP contribution in [-0.2, 0) is 11.2 Å². The molecule has 2 rings (SSSR count). The van der Waals surface area contributed by atoms with E-state index in [4.69, 9.17) is 9.47 Å². The first-order valence-electron chi connectivity index (χ1n) is 8.26. The molecule has 0 saturated heterocycles. The fourth-order valence-corrected chi connectivity index (χ4v) is 2.34. The first kappa shape index (κ1) is 17.9. The lowest BCUT2D eigenvalue weighted by atomic mass is 10.1. The van der Waals surface area contributed by atoms with Gasteiger partial charge in [0.05, 0.1) is 7.11 Å². The van der Waals surface area contributed by atoms with Crippen LogP contribution in [0.5, 0.6) is 11.5 Å². The number of nitrogens with one attached hydrogen (secondary N) is 1. The van der Waals surface area contributed by atoms with E-state index in [-0.39, 0.29) is 5.91 Å². The van der Waals surface area contributed by atoms with Crippen LogP contribution in [0.4, 0.5) is 0 Å². The number of ether oxygens (including phenoxy) is 2. The first-order valence-corrected chi connectivity index (χ1v) is 8.26. The molecule has 4 heteroatoms. The lowest BCUT2D eigenvalue weighted by Gasteiger charge is -2.17. The Balaban J connectivity index is 1.81. The molecule has 1 N–H and O–H groups in total. The highest BCUT2D eigenvalue weighted by Gasteiger charge is 2.17. The molecule has 0 spiro atoms. The van der Waals surface area contributed by atoms with Gasteiger partial charge in [0.2, 0.25) is 0 Å². The number of hydrogen-bond donors (Lipinski definition) is 1. The van der Waals surface area contributed by atoms with Crippen LogP contribution in [0.25, 0.3) is 0 Å². The molecule has 0 bridgehead atoms. The van der Waals surface area contributed by atoms with Crippen molar-refractivity contribution in [3.63, 3.8) is 0 Å². The van der Waals surface area contributed by atoms with E-state index < -0.39 is 6.10 Å². The molecule has 0 aromatic heterocycles. The average Bonchev–Trinajstić information content (AvgIpc) is 2.61. The molecule has 0 aliphatic heterocycles. The molecule has 2 aromatic rings. The summed E-state index contributed by atoms with van der Waals surface area (Å²) in [5, 5.41) is 2.95. The number of amides is 1. The molecular weight excluding hydrogens is 302 g/mol. The molecule has 24 heavy (non-hydrogen) atoms. The fourth-order valence-electron chi connectivity index (χ4n) is 2.34. The van der Waals surface area contributed by atoms with Crippen LogP contribution in [0.1, 0.15) is 24.5 Å². The maximum Gasteiger partial charge on any atom is 0.261 e. The maximum absolute atomic E-state index is 12.3. The van der Waals surface area contributed by atoms with E-state index in [0.29, 0.717) is 13.0 Å². The molecule has 0 aliphatic rings. The van der Waals surface area contributed by atoms with Crippen molar-refractivity contribution in [1.29, 1.82) is 0 Å². The first-order chi connectivity index (χ1) is 11.6. The van der Waals surface area contributed by atoms with Crippen molar-refractivity contribution in [3.05, 3.63) is 59.7 Å². The number of carbonyl (C=O) groups is 1. The van der Waals surface area contributed by atoms with E-state index in [9.17, 15) is 4.79 Å². The zero-order chi connectivity index (χ0) is 17.4. The summed E-state index contributed by atoms with van der Waals surface area (Å²) in [5.74, 6) is 1.48. The van der Waals surface area contributed by atoms with Gasteiger partial charge < -0.3 is 14.8 Å². The van der Waals surface area contributed by atoms with Crippen LogP contribution in [0.15, 0.2) is 48.5 Å². The molecule has 4 nitrogen and oxygen atoms in total. The van der Waals surface area contributed by atoms with Crippen molar-refractivity contribution >= 4 is 5.91 Å². The van der Waals surface area contributed by atoms with Crippen LogP contribution >= 0.6 is 0 Å². The Hall–Kier alpha value is -2.49. The Morgan fingerprint density at radius 1 is 1.04 bits per heavy atom. The predicted octanol–water partition coefficient (Wildman–Crippen LogP) is 3.52. The van der Waals surface area contributed by atoms with Gasteiger partial charge in [0.15, 0.2) is 6.10 Å². The minimum Gasteiger partial charge on any atom is -0.497 e. The molecule has 0 radical (unpaired) electrons. The van der Waals surface area contributed by atoms with Gasteiger partial charge in [-0.3, -0.25) is 4.79 Å². The minimum atomic E-state index is -0.469. The zero-order valence-corrected chi connectivity index (χ0v) is 14.5. The van der Waals surface area contributed by atoms with Gasteiger partial charge in [-0.1, -0.05) is 36.8 Å². The number of hydrogen-bond acceptors (Lipinski definition) is 3. The normalized spacial score (nSPS) is 11.6. The highest BCUT2D eigenvalue weighted by Crippen LogP contribution is 2.15. The van der Waals surface area contributed by atoms with Crippen LogP contribution in [0, 0.1) is 6.92 Å². The van der Waals surface area contributed by atoms with Crippen molar-refractivity contribution < 1.29 is 14.3 Å². The third-order valence-electron chi connectivity index (χ3n) is 3.83. The highest BCUT2D eigenvalue weighted by molar-refractivity contribution is 5.81. The second-order valence-corrected chi connectivity index (χ2v) is 5.72. The largest absolute Gasteiger partial charge is 0.497 e. The van der Waals surface area contributed by atoms with Crippen LogP contribution in [0.2, 0.25) is 0 Å². The number of benzene rings is 2. The van der Waals surface area contributed by atoms with Gasteiger partial charge in [0.1, 0.15) is 11.5 Å². The highest BCUT2D eigenvalue weighted by atomic mass is 16.5. The summed E-state index contributed by atoms with van der Waals surface area (Å²) >= 11 is 0. The van der Waals surface area contributed by atoms with Gasteiger partial charge in [-0.05, 0) is 49.6 Å². The van der Waals surface area contributed by atoms with Gasteiger partial charge >= 0.3 is 0 Å². The quantitative estimate of drug-likeness (QED) is 0.807. The maximum atomic E-state index is 12.3. The topological polar surface area (TPSA) is 47.6 Å². The summed E-state index contributed by atoms with van der Waals surface area (Å²) in [6.07, 6.45) is 0.933. The molecule has 1 atom stereocenters. The molecule has 0 aliphatic carbocycles. The Morgan fingerprint density at radius 2 is 1.67 bits per heavy atom. The van der Waals surface area contributed by atoms with E-state index in [1.807, 2.05) is 62.4 Å². The van der Waals surface area contributed by atoms with E-state index in [1.165, 1.54) is 5.56 Å². The summed E-state index contributed by atoms with van der Waals surface area (Å²) in [6.45, 7) is 4.55. The van der Waals surface area contributed by atoms with Crippen molar-refractivity contribution in [3.8, 4) is 11.5 Å². The fraction of sp³-hybridized carbons (Fsp3) is 0.350. The third-order valence-corrected chi connectivity index (χ3v) is 3.83. The van der Waals surface area contributed by atoms with Crippen LogP contribution < -0.4 is 14.8 Å². The third kappa shape index (κ3) is 5.30. The van der Waals surface area contributed by atoms with Crippen molar-refractivity contribution in [2.45, 2.75) is 32.8 Å². The standard InChI is InChI=1S/C20H25NO3/c1-4-19(24-18-9-5-15(2)6-10-18)20(22)21-14-13-16-7-11-17(23-3)12-8-16/h5-12,19H,4,13-14H2,1-3H3,(H,21,22)/t19-/m1/s1. The minimum absolute atomic E-state index is 0.0772. The van der Waals surface area contributed by atoms with Gasteiger partial charge in [-0.2, -0.15) is 0 Å². The van der Waals surface area contributed by atoms with E-state index >= 15 is 0 Å². The smallest absolute Gasteiger partial charge is 0.261 e. The van der Waals surface area contributed by atoms with Crippen molar-refractivity contribution in [1.82, 2.24) is 5.32 Å². The lowest BCUT2D eigenvalue weighted by Crippen LogP contribution is -2.38. The van der Waals surface area contributed by atoms with E-state index in [1.54, 1.807) is 7.11 Å². The van der Waals surface area contributed by atoms with Gasteiger partial charge in [0.25, 0.3) is 5.91 Å². The van der Waals surface area contributed by atoms with Crippen LogP contribution in [-0.4, -0.2) is 25.7 Å². The average molecular weight is 327 g/mol. The predicted molar refractivity (Wildman–Crippen MR) is 95.6 cm³/mol. The molecule has 0 saturated carbocycles. The molecule has 1 amide bonds. The Morgan fingerprint density at radius 3 is 2.25 bits per heavy atom. The Labute approximate surface area is 143 Å². The van der Waals surface area contributed by atoms with Crippen molar-refractivity contribution in [2.75, 3.05) is 13.7 Å². The SMILES string of the molecule is CC[C@@H](Oc1ccc(C)cc1)C(=O)NCCc1ccc(OC)cc1. The number of methoxy groups -OCH3 is 1. The zero-order valence-electron chi connectivity index (χ0n) is 14.5. The van der Waals surface area contributed by atoms with Gasteiger partial charge in [-0.25, -0.2) is 0 Å². The lowest BCUT2D eigenvalue weighted by molar-refractivity contribution is -0.128. The Bertz CT molecular complexity index is 635. The molecule has 2 aromatic carbocycles. The second-order valence-electron chi connectivity index (χ2n) is 5.72. The van der Waals surface area contributed by atoms with E-state index in [0.717, 1.165) is 23.5 Å². The van der Waals surface area contributed by atoms with Gasteiger partial charge in [-0.15, -0.1) is 0 Å². The van der Waals surface area contributed by atoms with Gasteiger partial charge in [0, 0.05) is 6.54 Å². The number of rotatable bonds is 8. The Kier molecular flexibility index (Phi) is 6.67. The van der Waals surface area contributed by atoms with E-state index in [2.05, 4.69) is 5.32 Å². The monoisotopic (exact) mass is 327 g/mol. The molecule has 128 valence electrons. The summed E-state index contributed by atoms with van der Waals surface area (Å²) in [6, 6.07) is 15.6. The molecule has 0 heterocycles. The summed E-state index contributed by atoms with van der Waals surface area (Å²) < 4.78 is 10.9. The second kappa shape index (κ2) is 8.96. The molecule has 0 fully saturated rings. The summed E-state index contributed by atoms with van der Waals surface area (Å²) in [4.78, 5) is 12.3. The summed E-state index contributed by atoms with van der Waals surface area (Å²) in [7, 11) is 1.65. The van der Waals surface area contributed by atoms with Crippen molar-refractivity contribution in [2.24, 2.45) is 0 Å². The van der Waals surface area contributed by atoms with Crippen LogP contribution in [0.3, 0.4) is 0 Å². The summed E-state index contributed by atoms with van der Waals surface area (Å²) in [5.41, 5.74) is 2.32.